The molecule has 1 rings (SSSR count). The van der Waals surface area contributed by atoms with Crippen molar-refractivity contribution in [3.8, 4) is 11.9 Å². The number of hydrogen-bond acceptors (Lipinski definition) is 6. The second kappa shape index (κ2) is 8.52. The fourth-order valence-corrected chi connectivity index (χ4v) is 1.80. The van der Waals surface area contributed by atoms with Crippen LogP contribution in [0.1, 0.15) is 39.7 Å². The zero-order chi connectivity index (χ0) is 18.3. The third kappa shape index (κ3) is 6.06. The van der Waals surface area contributed by atoms with Gasteiger partial charge in [0, 0.05) is 19.3 Å². The van der Waals surface area contributed by atoms with Crippen LogP contribution in [0, 0.1) is 0 Å². The molecule has 1 amide bonds. The number of hydrogen-bond donors (Lipinski definition) is 0. The maximum atomic E-state index is 12.0. The maximum Gasteiger partial charge on any atom is 0.410 e. The molecule has 134 valence electrons. The van der Waals surface area contributed by atoms with E-state index in [9.17, 15) is 4.79 Å². The molecule has 1 unspecified atom stereocenters. The lowest BCUT2D eigenvalue weighted by Crippen LogP contribution is -2.39. The van der Waals surface area contributed by atoms with Gasteiger partial charge in [0.25, 0.3) is 0 Å². The normalized spacial score (nSPS) is 12.8. The smallest absolute Gasteiger partial charge is 0.410 e. The van der Waals surface area contributed by atoms with E-state index in [-0.39, 0.29) is 18.1 Å². The molecule has 0 fully saturated rings. The van der Waals surface area contributed by atoms with Crippen LogP contribution >= 0.6 is 0 Å². The number of aromatic nitrogens is 2. The molecule has 0 aliphatic heterocycles. The molecule has 7 heteroatoms. The summed E-state index contributed by atoms with van der Waals surface area (Å²) < 4.78 is 15.5. The summed E-state index contributed by atoms with van der Waals surface area (Å²) in [5, 5.41) is 0. The minimum absolute atomic E-state index is 0.0127. The van der Waals surface area contributed by atoms with Crippen LogP contribution in [0.2, 0.25) is 0 Å². The van der Waals surface area contributed by atoms with Crippen LogP contribution in [0.5, 0.6) is 11.9 Å². The van der Waals surface area contributed by atoms with Gasteiger partial charge in [-0.05, 0) is 34.1 Å². The Kier molecular flexibility index (Phi) is 7.00. The van der Waals surface area contributed by atoms with Crippen molar-refractivity contribution >= 4 is 12.2 Å². The second-order valence-electron chi connectivity index (χ2n) is 6.40. The molecule has 0 bridgehead atoms. The van der Waals surface area contributed by atoms with Gasteiger partial charge in [0.05, 0.1) is 19.8 Å². The minimum Gasteiger partial charge on any atom is -0.480 e. The topological polar surface area (TPSA) is 73.8 Å². The second-order valence-corrected chi connectivity index (χ2v) is 6.40. The van der Waals surface area contributed by atoms with Gasteiger partial charge < -0.3 is 19.1 Å². The zero-order valence-electron chi connectivity index (χ0n) is 15.5. The Labute approximate surface area is 143 Å². The number of carbonyl (C=O) groups excluding carboxylic acids is 1. The number of nitrogens with zero attached hydrogens (tertiary/aromatic N) is 3. The van der Waals surface area contributed by atoms with E-state index >= 15 is 0 Å². The summed E-state index contributed by atoms with van der Waals surface area (Å²) >= 11 is 0. The van der Waals surface area contributed by atoms with Gasteiger partial charge >= 0.3 is 12.1 Å². The summed E-state index contributed by atoms with van der Waals surface area (Å²) in [5.41, 5.74) is 0.236. The monoisotopic (exact) mass is 337 g/mol. The van der Waals surface area contributed by atoms with E-state index in [2.05, 4.69) is 9.97 Å². The summed E-state index contributed by atoms with van der Waals surface area (Å²) in [5.74, 6) is 0.436. The van der Waals surface area contributed by atoms with Crippen molar-refractivity contribution in [3.05, 3.63) is 17.8 Å². The summed E-state index contributed by atoms with van der Waals surface area (Å²) in [6, 6.07) is 0.239. The molecule has 0 N–H and O–H groups in total. The molecule has 0 saturated carbocycles. The molecular weight excluding hydrogens is 310 g/mol. The van der Waals surface area contributed by atoms with Gasteiger partial charge in [-0.2, -0.15) is 4.98 Å². The largest absolute Gasteiger partial charge is 0.480 e. The molecule has 0 aliphatic rings. The third-order valence-electron chi connectivity index (χ3n) is 3.25. The van der Waals surface area contributed by atoms with E-state index in [1.165, 1.54) is 14.2 Å². The van der Waals surface area contributed by atoms with E-state index in [4.69, 9.17) is 14.2 Å². The fraction of sp³-hybridized carbons (Fsp3) is 0.588. The average molecular weight is 337 g/mol. The molecular formula is C17H27N3O4. The molecule has 0 aromatic carbocycles. The van der Waals surface area contributed by atoms with E-state index in [0.717, 1.165) is 5.56 Å². The first-order valence-electron chi connectivity index (χ1n) is 7.75. The Morgan fingerprint density at radius 2 is 2.00 bits per heavy atom. The summed E-state index contributed by atoms with van der Waals surface area (Å²) in [6.07, 6.45) is 5.75. The minimum atomic E-state index is -0.505. The Morgan fingerprint density at radius 1 is 1.33 bits per heavy atom. The Hall–Kier alpha value is -2.31. The van der Waals surface area contributed by atoms with Crippen molar-refractivity contribution in [2.45, 2.75) is 45.8 Å². The van der Waals surface area contributed by atoms with E-state index in [0.29, 0.717) is 12.3 Å². The SMILES string of the molecule is COc1ncc(C=CCC(C)N(C)C(=O)OC(C)(C)C)c(OC)n1. The van der Waals surface area contributed by atoms with Crippen molar-refractivity contribution in [2.24, 2.45) is 0 Å². The number of methoxy groups -OCH3 is 2. The maximum absolute atomic E-state index is 12.0. The van der Waals surface area contributed by atoms with Crippen molar-refractivity contribution in [1.82, 2.24) is 14.9 Å². The van der Waals surface area contributed by atoms with Crippen LogP contribution in [0.25, 0.3) is 6.08 Å². The summed E-state index contributed by atoms with van der Waals surface area (Å²) in [4.78, 5) is 21.8. The van der Waals surface area contributed by atoms with Gasteiger partial charge in [-0.1, -0.05) is 12.2 Å². The highest BCUT2D eigenvalue weighted by atomic mass is 16.6. The summed E-state index contributed by atoms with van der Waals surface area (Å²) in [6.45, 7) is 7.49. The number of rotatable bonds is 6. The quantitative estimate of drug-likeness (QED) is 0.794. The van der Waals surface area contributed by atoms with Crippen molar-refractivity contribution in [1.29, 1.82) is 0 Å². The molecule has 1 aromatic heterocycles. The van der Waals surface area contributed by atoms with Gasteiger partial charge in [-0.3, -0.25) is 0 Å². The summed E-state index contributed by atoms with van der Waals surface area (Å²) in [7, 11) is 4.76. The van der Waals surface area contributed by atoms with E-state index in [1.54, 1.807) is 18.1 Å². The van der Waals surface area contributed by atoms with Gasteiger partial charge in [0.2, 0.25) is 5.88 Å². The van der Waals surface area contributed by atoms with E-state index < -0.39 is 5.60 Å². The third-order valence-corrected chi connectivity index (χ3v) is 3.25. The van der Waals surface area contributed by atoms with Crippen LogP contribution in [0.3, 0.4) is 0 Å². The predicted molar refractivity (Wildman–Crippen MR) is 92.2 cm³/mol. The first-order valence-corrected chi connectivity index (χ1v) is 7.75. The lowest BCUT2D eigenvalue weighted by Gasteiger charge is -2.28. The molecule has 1 aromatic rings. The molecule has 0 radical (unpaired) electrons. The number of carbonyl (C=O) groups is 1. The molecule has 1 atom stereocenters. The fourth-order valence-electron chi connectivity index (χ4n) is 1.80. The molecule has 0 aliphatic carbocycles. The highest BCUT2D eigenvalue weighted by Gasteiger charge is 2.22. The molecule has 0 spiro atoms. The lowest BCUT2D eigenvalue weighted by atomic mass is 10.2. The van der Waals surface area contributed by atoms with Crippen LogP contribution < -0.4 is 9.47 Å². The van der Waals surface area contributed by atoms with Crippen LogP contribution in [0.15, 0.2) is 12.3 Å². The van der Waals surface area contributed by atoms with Gasteiger partial charge in [0.1, 0.15) is 5.60 Å². The predicted octanol–water partition coefficient (Wildman–Crippen LogP) is 3.15. The Bertz CT molecular complexity index is 582. The first-order chi connectivity index (χ1) is 11.2. The standard InChI is InChI=1S/C17H27N3O4/c1-12(20(5)16(21)24-17(2,3)4)9-8-10-13-11-18-15(23-7)19-14(13)22-6/h8,10-12H,9H2,1-7H3. The Balaban J connectivity index is 2.68. The van der Waals surface area contributed by atoms with E-state index in [1.807, 2.05) is 39.8 Å². The molecule has 24 heavy (non-hydrogen) atoms. The average Bonchev–Trinajstić information content (AvgIpc) is 2.52. The van der Waals surface area contributed by atoms with Crippen molar-refractivity contribution in [3.63, 3.8) is 0 Å². The van der Waals surface area contributed by atoms with Crippen molar-refractivity contribution < 1.29 is 19.0 Å². The lowest BCUT2D eigenvalue weighted by molar-refractivity contribution is 0.0238. The van der Waals surface area contributed by atoms with Crippen molar-refractivity contribution in [2.75, 3.05) is 21.3 Å². The van der Waals surface area contributed by atoms with Gasteiger partial charge in [-0.15, -0.1) is 0 Å². The highest BCUT2D eigenvalue weighted by molar-refractivity contribution is 5.68. The van der Waals surface area contributed by atoms with Gasteiger partial charge in [-0.25, -0.2) is 9.78 Å². The van der Waals surface area contributed by atoms with Crippen LogP contribution in [0.4, 0.5) is 4.79 Å². The van der Waals surface area contributed by atoms with Crippen LogP contribution in [-0.4, -0.2) is 53.9 Å². The number of amides is 1. The molecule has 7 nitrogen and oxygen atoms in total. The first kappa shape index (κ1) is 19.7. The number of ether oxygens (including phenoxy) is 3. The highest BCUT2D eigenvalue weighted by Crippen LogP contribution is 2.19. The van der Waals surface area contributed by atoms with Gasteiger partial charge in [0.15, 0.2) is 0 Å². The molecule has 1 heterocycles. The zero-order valence-corrected chi connectivity index (χ0v) is 15.5. The van der Waals surface area contributed by atoms with Crippen LogP contribution in [-0.2, 0) is 4.74 Å². The molecule has 0 saturated heterocycles. The Morgan fingerprint density at radius 3 is 2.54 bits per heavy atom.